The van der Waals surface area contributed by atoms with Crippen LogP contribution in [0.5, 0.6) is 0 Å². The Morgan fingerprint density at radius 3 is 2.54 bits per heavy atom. The molecule has 0 aliphatic heterocycles. The predicted molar refractivity (Wildman–Crippen MR) is 98.9 cm³/mol. The van der Waals surface area contributed by atoms with E-state index in [4.69, 9.17) is 0 Å². The highest BCUT2D eigenvalue weighted by molar-refractivity contribution is 5.92. The molecule has 0 aliphatic carbocycles. The van der Waals surface area contributed by atoms with Gasteiger partial charge in [0.15, 0.2) is 0 Å². The number of nitrogens with zero attached hydrogens (tertiary/aromatic N) is 2. The highest BCUT2D eigenvalue weighted by Gasteiger charge is 2.09. The minimum atomic E-state index is -0.337. The molecule has 0 spiro atoms. The minimum absolute atomic E-state index is 0.217. The molecule has 5 nitrogen and oxygen atoms in total. The third-order valence-electron chi connectivity index (χ3n) is 3.93. The molecule has 0 radical (unpaired) electrons. The van der Waals surface area contributed by atoms with Crippen molar-refractivity contribution in [2.24, 2.45) is 0 Å². The second kappa shape index (κ2) is 8.20. The summed E-state index contributed by atoms with van der Waals surface area (Å²) in [5.74, 6) is -0.0494. The van der Waals surface area contributed by atoms with Gasteiger partial charge in [0.05, 0.1) is 12.4 Å². The molecule has 1 aromatic heterocycles. The average Bonchev–Trinajstić information content (AvgIpc) is 2.66. The van der Waals surface area contributed by atoms with Crippen LogP contribution in [0, 0.1) is 12.7 Å². The molecule has 1 heterocycles. The van der Waals surface area contributed by atoms with Gasteiger partial charge in [-0.3, -0.25) is 4.79 Å². The number of carbonyl (C=O) groups is 1. The van der Waals surface area contributed by atoms with Crippen LogP contribution in [0.1, 0.15) is 21.6 Å². The number of hydrogen-bond acceptors (Lipinski definition) is 4. The summed E-state index contributed by atoms with van der Waals surface area (Å²) in [6.07, 6.45) is 3.34. The Morgan fingerprint density at radius 2 is 1.81 bits per heavy atom. The number of hydrogen-bond donors (Lipinski definition) is 2. The second-order valence-electron chi connectivity index (χ2n) is 5.82. The van der Waals surface area contributed by atoms with E-state index in [1.165, 1.54) is 18.5 Å². The van der Waals surface area contributed by atoms with Crippen LogP contribution in [0.15, 0.2) is 60.9 Å². The lowest BCUT2D eigenvalue weighted by atomic mass is 10.1. The van der Waals surface area contributed by atoms with E-state index < -0.39 is 0 Å². The monoisotopic (exact) mass is 350 g/mol. The number of rotatable bonds is 6. The van der Waals surface area contributed by atoms with Crippen molar-refractivity contribution in [3.05, 3.63) is 83.6 Å². The summed E-state index contributed by atoms with van der Waals surface area (Å²) in [6, 6.07) is 14.3. The molecule has 3 aromatic rings. The van der Waals surface area contributed by atoms with E-state index in [1.54, 1.807) is 18.2 Å². The number of benzene rings is 2. The predicted octanol–water partition coefficient (Wildman–Crippen LogP) is 3.64. The van der Waals surface area contributed by atoms with E-state index in [1.807, 2.05) is 31.2 Å². The van der Waals surface area contributed by atoms with Crippen molar-refractivity contribution in [1.82, 2.24) is 15.3 Å². The Kier molecular flexibility index (Phi) is 5.53. The number of aryl methyl sites for hydroxylation is 1. The van der Waals surface area contributed by atoms with Crippen molar-refractivity contribution in [2.45, 2.75) is 13.3 Å². The van der Waals surface area contributed by atoms with Crippen molar-refractivity contribution >= 4 is 17.4 Å². The summed E-state index contributed by atoms with van der Waals surface area (Å²) in [5.41, 5.74) is 2.80. The Labute approximate surface area is 151 Å². The first-order valence-corrected chi connectivity index (χ1v) is 8.30. The zero-order chi connectivity index (χ0) is 18.4. The van der Waals surface area contributed by atoms with Gasteiger partial charge in [0.2, 0.25) is 0 Å². The lowest BCUT2D eigenvalue weighted by Gasteiger charge is -2.09. The molecule has 0 bridgehead atoms. The molecule has 132 valence electrons. The van der Waals surface area contributed by atoms with Gasteiger partial charge in [0.25, 0.3) is 5.91 Å². The first kappa shape index (κ1) is 17.5. The van der Waals surface area contributed by atoms with Crippen molar-refractivity contribution < 1.29 is 9.18 Å². The maximum atomic E-state index is 13.5. The molecule has 2 aromatic carbocycles. The van der Waals surface area contributed by atoms with Crippen LogP contribution >= 0.6 is 0 Å². The maximum absolute atomic E-state index is 13.5. The molecule has 0 saturated carbocycles. The van der Waals surface area contributed by atoms with Gasteiger partial charge in [-0.25, -0.2) is 14.4 Å². The van der Waals surface area contributed by atoms with E-state index in [0.29, 0.717) is 24.3 Å². The van der Waals surface area contributed by atoms with E-state index in [2.05, 4.69) is 20.6 Å². The van der Waals surface area contributed by atoms with E-state index in [0.717, 1.165) is 11.3 Å². The average molecular weight is 350 g/mol. The number of amides is 1. The van der Waals surface area contributed by atoms with Gasteiger partial charge in [-0.2, -0.15) is 0 Å². The van der Waals surface area contributed by atoms with Gasteiger partial charge >= 0.3 is 0 Å². The molecule has 1 amide bonds. The molecule has 2 N–H and O–H groups in total. The maximum Gasteiger partial charge on any atom is 0.271 e. The van der Waals surface area contributed by atoms with E-state index in [9.17, 15) is 9.18 Å². The van der Waals surface area contributed by atoms with Crippen molar-refractivity contribution in [2.75, 3.05) is 11.9 Å². The van der Waals surface area contributed by atoms with Crippen LogP contribution in [-0.4, -0.2) is 22.4 Å². The minimum Gasteiger partial charge on any atom is -0.350 e. The van der Waals surface area contributed by atoms with Crippen LogP contribution in [0.4, 0.5) is 15.9 Å². The second-order valence-corrected chi connectivity index (χ2v) is 5.82. The summed E-state index contributed by atoms with van der Waals surface area (Å²) < 4.78 is 13.5. The molecule has 3 rings (SSSR count). The van der Waals surface area contributed by atoms with E-state index in [-0.39, 0.29) is 17.4 Å². The van der Waals surface area contributed by atoms with E-state index >= 15 is 0 Å². The Morgan fingerprint density at radius 1 is 1.04 bits per heavy atom. The fourth-order valence-corrected chi connectivity index (χ4v) is 2.46. The quantitative estimate of drug-likeness (QED) is 0.712. The highest BCUT2D eigenvalue weighted by atomic mass is 19.1. The van der Waals surface area contributed by atoms with Crippen LogP contribution in [0.25, 0.3) is 0 Å². The molecule has 0 unspecified atom stereocenters. The van der Waals surface area contributed by atoms with Crippen molar-refractivity contribution in [3.8, 4) is 0 Å². The van der Waals surface area contributed by atoms with Gasteiger partial charge in [-0.15, -0.1) is 0 Å². The van der Waals surface area contributed by atoms with Gasteiger partial charge < -0.3 is 10.6 Å². The summed E-state index contributed by atoms with van der Waals surface area (Å²) in [6.45, 7) is 2.32. The fourth-order valence-electron chi connectivity index (χ4n) is 2.46. The third-order valence-corrected chi connectivity index (χ3v) is 3.93. The summed E-state index contributed by atoms with van der Waals surface area (Å²) in [5, 5.41) is 5.89. The zero-order valence-electron chi connectivity index (χ0n) is 14.4. The molecule has 0 aliphatic rings. The Bertz CT molecular complexity index is 896. The number of halogens is 1. The number of nitrogens with one attached hydrogen (secondary N) is 2. The first-order chi connectivity index (χ1) is 12.6. The SMILES string of the molecule is Cc1ccccc1Nc1cnc(C(=O)NCCc2ccccc2F)cn1. The summed E-state index contributed by atoms with van der Waals surface area (Å²) >= 11 is 0. The molecule has 0 fully saturated rings. The van der Waals surface area contributed by atoms with Crippen LogP contribution in [-0.2, 0) is 6.42 Å². The molecular weight excluding hydrogens is 331 g/mol. The molecule has 6 heteroatoms. The molecular formula is C20H19FN4O. The fraction of sp³-hybridized carbons (Fsp3) is 0.150. The molecule has 0 atom stereocenters. The van der Waals surface area contributed by atoms with Crippen molar-refractivity contribution in [1.29, 1.82) is 0 Å². The van der Waals surface area contributed by atoms with Crippen molar-refractivity contribution in [3.63, 3.8) is 0 Å². The zero-order valence-corrected chi connectivity index (χ0v) is 14.4. The lowest BCUT2D eigenvalue weighted by molar-refractivity contribution is 0.0948. The number of anilines is 2. The largest absolute Gasteiger partial charge is 0.350 e. The van der Waals surface area contributed by atoms with Crippen LogP contribution < -0.4 is 10.6 Å². The Balaban J connectivity index is 1.55. The van der Waals surface area contributed by atoms with Gasteiger partial charge in [0, 0.05) is 12.2 Å². The van der Waals surface area contributed by atoms with Gasteiger partial charge in [0.1, 0.15) is 17.3 Å². The van der Waals surface area contributed by atoms with Gasteiger partial charge in [-0.05, 0) is 36.6 Å². The topological polar surface area (TPSA) is 66.9 Å². The van der Waals surface area contributed by atoms with Crippen LogP contribution in [0.3, 0.4) is 0 Å². The Hall–Kier alpha value is -3.28. The molecule has 26 heavy (non-hydrogen) atoms. The summed E-state index contributed by atoms with van der Waals surface area (Å²) in [7, 11) is 0. The lowest BCUT2D eigenvalue weighted by Crippen LogP contribution is -2.26. The highest BCUT2D eigenvalue weighted by Crippen LogP contribution is 2.17. The summed E-state index contributed by atoms with van der Waals surface area (Å²) in [4.78, 5) is 20.5. The number of para-hydroxylation sites is 1. The standard InChI is InChI=1S/C20H19FN4O/c1-14-6-2-5-9-17(14)25-19-13-23-18(12-24-19)20(26)22-11-10-15-7-3-4-8-16(15)21/h2-9,12-13H,10-11H2,1H3,(H,22,26)(H,24,25). The van der Waals surface area contributed by atoms with Gasteiger partial charge in [-0.1, -0.05) is 36.4 Å². The first-order valence-electron chi connectivity index (χ1n) is 8.30. The normalized spacial score (nSPS) is 10.4. The van der Waals surface area contributed by atoms with Crippen LogP contribution in [0.2, 0.25) is 0 Å². The smallest absolute Gasteiger partial charge is 0.271 e. The molecule has 0 saturated heterocycles. The number of carbonyl (C=O) groups excluding carboxylic acids is 1. The number of aromatic nitrogens is 2. The third kappa shape index (κ3) is 4.42.